The molecule has 3 nitrogen and oxygen atoms in total. The van der Waals surface area contributed by atoms with Gasteiger partial charge in [-0.25, -0.2) is 0 Å². The second-order valence-corrected chi connectivity index (χ2v) is 6.85. The van der Waals surface area contributed by atoms with Gasteiger partial charge in [0.15, 0.2) is 0 Å². The lowest BCUT2D eigenvalue weighted by Gasteiger charge is -2.12. The molecule has 0 aromatic heterocycles. The Labute approximate surface area is 155 Å². The molecule has 0 bridgehead atoms. The van der Waals surface area contributed by atoms with Gasteiger partial charge >= 0.3 is 0 Å². The van der Waals surface area contributed by atoms with Crippen LogP contribution in [0, 0.1) is 0 Å². The van der Waals surface area contributed by atoms with Gasteiger partial charge < -0.3 is 14.2 Å². The predicted molar refractivity (Wildman–Crippen MR) is 106 cm³/mol. The monoisotopic (exact) mass is 350 g/mol. The van der Waals surface area contributed by atoms with E-state index in [1.165, 1.54) is 63.4 Å². The minimum atomic E-state index is 0.468. The maximum absolute atomic E-state index is 5.42. The van der Waals surface area contributed by atoms with Crippen molar-refractivity contribution in [1.82, 2.24) is 0 Å². The van der Waals surface area contributed by atoms with E-state index < -0.39 is 0 Å². The van der Waals surface area contributed by atoms with Crippen LogP contribution in [0.5, 0.6) is 11.5 Å². The van der Waals surface area contributed by atoms with Crippen LogP contribution in [0.15, 0.2) is 18.2 Å². The summed E-state index contributed by atoms with van der Waals surface area (Å²) in [5.41, 5.74) is 1.31. The highest BCUT2D eigenvalue weighted by Crippen LogP contribution is 2.24. The van der Waals surface area contributed by atoms with Crippen molar-refractivity contribution in [2.75, 3.05) is 21.3 Å². The van der Waals surface area contributed by atoms with Crippen LogP contribution in [0.2, 0.25) is 0 Å². The summed E-state index contributed by atoms with van der Waals surface area (Å²) in [5, 5.41) is 0. The van der Waals surface area contributed by atoms with Gasteiger partial charge in [-0.2, -0.15) is 0 Å². The normalized spacial score (nSPS) is 12.2. The molecule has 0 fully saturated rings. The summed E-state index contributed by atoms with van der Waals surface area (Å²) in [6.45, 7) is 2.20. The Kier molecular flexibility index (Phi) is 12.2. The Morgan fingerprint density at radius 2 is 1.24 bits per heavy atom. The number of hydrogen-bond donors (Lipinski definition) is 0. The first-order chi connectivity index (χ1) is 12.2. The second-order valence-electron chi connectivity index (χ2n) is 6.85. The first-order valence-electron chi connectivity index (χ1n) is 9.98. The maximum Gasteiger partial charge on any atom is 0.122 e. The molecule has 0 aliphatic rings. The standard InChI is InChI=1S/C22H38O3/c1-5-20(23-2)15-13-11-9-7-6-8-10-12-14-19-16-21(24-3)18-22(17-19)25-4/h16-18,20H,5-15H2,1-4H3/t20-/m0/s1. The summed E-state index contributed by atoms with van der Waals surface area (Å²) >= 11 is 0. The Bertz CT molecular complexity index is 419. The first kappa shape index (κ1) is 21.8. The molecule has 0 aliphatic heterocycles. The van der Waals surface area contributed by atoms with Crippen LogP contribution in [0.25, 0.3) is 0 Å². The van der Waals surface area contributed by atoms with Crippen molar-refractivity contribution in [2.45, 2.75) is 83.7 Å². The molecule has 1 rings (SSSR count). The van der Waals surface area contributed by atoms with Crippen molar-refractivity contribution < 1.29 is 14.2 Å². The molecule has 1 atom stereocenters. The molecular formula is C22H38O3. The van der Waals surface area contributed by atoms with Crippen LogP contribution in [0.4, 0.5) is 0 Å². The van der Waals surface area contributed by atoms with E-state index in [4.69, 9.17) is 14.2 Å². The molecule has 0 spiro atoms. The Balaban J connectivity index is 2.03. The molecule has 1 aromatic carbocycles. The fraction of sp³-hybridized carbons (Fsp3) is 0.727. The number of methoxy groups -OCH3 is 3. The first-order valence-corrected chi connectivity index (χ1v) is 9.98. The van der Waals surface area contributed by atoms with E-state index in [0.717, 1.165) is 24.3 Å². The molecule has 0 saturated heterocycles. The molecular weight excluding hydrogens is 312 g/mol. The molecule has 0 heterocycles. The molecule has 0 unspecified atom stereocenters. The average Bonchev–Trinajstić information content (AvgIpc) is 2.65. The van der Waals surface area contributed by atoms with E-state index in [-0.39, 0.29) is 0 Å². The Morgan fingerprint density at radius 3 is 1.72 bits per heavy atom. The van der Waals surface area contributed by atoms with Crippen molar-refractivity contribution in [1.29, 1.82) is 0 Å². The number of hydrogen-bond acceptors (Lipinski definition) is 3. The van der Waals surface area contributed by atoms with E-state index in [1.54, 1.807) is 14.2 Å². The summed E-state index contributed by atoms with van der Waals surface area (Å²) in [4.78, 5) is 0. The molecule has 0 amide bonds. The van der Waals surface area contributed by atoms with Crippen LogP contribution in [0.3, 0.4) is 0 Å². The summed E-state index contributed by atoms with van der Waals surface area (Å²) in [7, 11) is 5.24. The average molecular weight is 351 g/mol. The van der Waals surface area contributed by atoms with Gasteiger partial charge in [0.05, 0.1) is 20.3 Å². The molecule has 25 heavy (non-hydrogen) atoms. The maximum atomic E-state index is 5.42. The molecule has 144 valence electrons. The third-order valence-corrected chi connectivity index (χ3v) is 4.94. The fourth-order valence-corrected chi connectivity index (χ4v) is 3.26. The zero-order chi connectivity index (χ0) is 18.3. The minimum Gasteiger partial charge on any atom is -0.497 e. The van der Waals surface area contributed by atoms with Crippen molar-refractivity contribution in [2.24, 2.45) is 0 Å². The highest BCUT2D eigenvalue weighted by molar-refractivity contribution is 5.38. The van der Waals surface area contributed by atoms with Crippen LogP contribution in [-0.4, -0.2) is 27.4 Å². The SMILES string of the molecule is CC[C@@H](CCCCCCCCCCc1cc(OC)cc(OC)c1)OC. The van der Waals surface area contributed by atoms with E-state index >= 15 is 0 Å². The molecule has 0 radical (unpaired) electrons. The molecule has 3 heteroatoms. The second kappa shape index (κ2) is 14.0. The van der Waals surface area contributed by atoms with Crippen LogP contribution < -0.4 is 9.47 Å². The Morgan fingerprint density at radius 1 is 0.720 bits per heavy atom. The van der Waals surface area contributed by atoms with E-state index in [1.807, 2.05) is 13.2 Å². The van der Waals surface area contributed by atoms with Crippen molar-refractivity contribution in [3.63, 3.8) is 0 Å². The third kappa shape index (κ3) is 9.74. The topological polar surface area (TPSA) is 27.7 Å². The summed E-state index contributed by atoms with van der Waals surface area (Å²) < 4.78 is 16.1. The predicted octanol–water partition coefficient (Wildman–Crippen LogP) is 6.18. The van der Waals surface area contributed by atoms with Crippen LogP contribution >= 0.6 is 0 Å². The zero-order valence-corrected chi connectivity index (χ0v) is 16.8. The molecule has 0 saturated carbocycles. The summed E-state index contributed by atoms with van der Waals surface area (Å²) in [5.74, 6) is 1.77. The summed E-state index contributed by atoms with van der Waals surface area (Å²) in [6.07, 6.45) is 14.6. The third-order valence-electron chi connectivity index (χ3n) is 4.94. The van der Waals surface area contributed by atoms with Crippen LogP contribution in [-0.2, 0) is 11.2 Å². The van der Waals surface area contributed by atoms with E-state index in [9.17, 15) is 0 Å². The van der Waals surface area contributed by atoms with Gasteiger partial charge in [-0.15, -0.1) is 0 Å². The van der Waals surface area contributed by atoms with Gasteiger partial charge in [-0.1, -0.05) is 51.9 Å². The number of aryl methyl sites for hydroxylation is 1. The van der Waals surface area contributed by atoms with Crippen LogP contribution in [0.1, 0.15) is 76.7 Å². The van der Waals surface area contributed by atoms with Crippen molar-refractivity contribution in [3.8, 4) is 11.5 Å². The minimum absolute atomic E-state index is 0.468. The Hall–Kier alpha value is -1.22. The van der Waals surface area contributed by atoms with Gasteiger partial charge in [-0.05, 0) is 43.4 Å². The van der Waals surface area contributed by atoms with Gasteiger partial charge in [0, 0.05) is 13.2 Å². The molecule has 0 aliphatic carbocycles. The van der Waals surface area contributed by atoms with Gasteiger partial charge in [-0.3, -0.25) is 0 Å². The quantitative estimate of drug-likeness (QED) is 0.353. The highest BCUT2D eigenvalue weighted by atomic mass is 16.5. The number of benzene rings is 1. The van der Waals surface area contributed by atoms with Gasteiger partial charge in [0.25, 0.3) is 0 Å². The van der Waals surface area contributed by atoms with Gasteiger partial charge in [0.2, 0.25) is 0 Å². The zero-order valence-electron chi connectivity index (χ0n) is 16.8. The van der Waals surface area contributed by atoms with E-state index in [0.29, 0.717) is 6.10 Å². The van der Waals surface area contributed by atoms with Crippen molar-refractivity contribution in [3.05, 3.63) is 23.8 Å². The highest BCUT2D eigenvalue weighted by Gasteiger charge is 2.03. The lowest BCUT2D eigenvalue weighted by Crippen LogP contribution is -2.08. The molecule has 1 aromatic rings. The fourth-order valence-electron chi connectivity index (χ4n) is 3.26. The van der Waals surface area contributed by atoms with E-state index in [2.05, 4.69) is 19.1 Å². The smallest absolute Gasteiger partial charge is 0.122 e. The van der Waals surface area contributed by atoms with Crippen molar-refractivity contribution >= 4 is 0 Å². The lowest BCUT2D eigenvalue weighted by molar-refractivity contribution is 0.0897. The number of ether oxygens (including phenoxy) is 3. The molecule has 0 N–H and O–H groups in total. The largest absolute Gasteiger partial charge is 0.497 e. The number of rotatable bonds is 15. The van der Waals surface area contributed by atoms with Gasteiger partial charge in [0.1, 0.15) is 11.5 Å². The lowest BCUT2D eigenvalue weighted by atomic mass is 10.0. The summed E-state index contributed by atoms with van der Waals surface area (Å²) in [6, 6.07) is 6.16. The number of unbranched alkanes of at least 4 members (excludes halogenated alkanes) is 7.